The zero-order chi connectivity index (χ0) is 15.3. The summed E-state index contributed by atoms with van der Waals surface area (Å²) in [6.07, 6.45) is 14.3. The van der Waals surface area contributed by atoms with Crippen LogP contribution in [0.1, 0.15) is 95.8 Å². The van der Waals surface area contributed by atoms with Crippen LogP contribution in [0.25, 0.3) is 0 Å². The summed E-state index contributed by atoms with van der Waals surface area (Å²) in [4.78, 5) is 4.82. The molecule has 0 spiro atoms. The van der Waals surface area contributed by atoms with E-state index in [0.29, 0.717) is 0 Å². The van der Waals surface area contributed by atoms with Crippen molar-refractivity contribution >= 4 is 0 Å². The summed E-state index contributed by atoms with van der Waals surface area (Å²) in [5.74, 6) is 0.953. The van der Waals surface area contributed by atoms with Gasteiger partial charge in [0.25, 0.3) is 0 Å². The molecule has 0 atom stereocenters. The van der Waals surface area contributed by atoms with Gasteiger partial charge in [-0.15, -0.1) is 5.10 Å². The highest BCUT2D eigenvalue weighted by Gasteiger charge is 2.09. The number of hydrogen-bond donors (Lipinski definition) is 0. The third kappa shape index (κ3) is 7.54. The van der Waals surface area contributed by atoms with Crippen molar-refractivity contribution in [3.8, 4) is 0 Å². The minimum absolute atomic E-state index is 0.953. The van der Waals surface area contributed by atoms with Crippen LogP contribution in [0.3, 0.4) is 0 Å². The van der Waals surface area contributed by atoms with E-state index in [1.807, 2.05) is 0 Å². The Balaban J connectivity index is 2.65. The monoisotopic (exact) mass is 291 g/mol. The normalized spacial score (nSPS) is 11.0. The average Bonchev–Trinajstić information content (AvgIpc) is 2.50. The van der Waals surface area contributed by atoms with Gasteiger partial charge in [-0.25, -0.2) is 4.98 Å². The molecule has 0 bridgehead atoms. The van der Waals surface area contributed by atoms with E-state index in [1.165, 1.54) is 63.5 Å². The quantitative estimate of drug-likeness (QED) is 0.505. The van der Waals surface area contributed by atoms with E-state index < -0.39 is 0 Å². The van der Waals surface area contributed by atoms with Crippen LogP contribution in [0.4, 0.5) is 0 Å². The van der Waals surface area contributed by atoms with Crippen LogP contribution < -0.4 is 0 Å². The first-order chi connectivity index (χ1) is 10.3. The van der Waals surface area contributed by atoms with E-state index >= 15 is 0 Å². The van der Waals surface area contributed by atoms with Crippen LogP contribution in [0, 0.1) is 0 Å². The molecule has 0 N–H and O–H groups in total. The summed E-state index contributed by atoms with van der Waals surface area (Å²) in [5, 5.41) is 8.85. The molecule has 0 aromatic carbocycles. The fraction of sp³-hybridized carbons (Fsp3) is 0.833. The molecule has 0 radical (unpaired) electrons. The number of aryl methyl sites for hydroxylation is 3. The Labute approximate surface area is 131 Å². The first-order valence-corrected chi connectivity index (χ1v) is 9.03. The number of hydrogen-bond acceptors (Lipinski definition) is 3. The first-order valence-electron chi connectivity index (χ1n) is 9.03. The van der Waals surface area contributed by atoms with Gasteiger partial charge in [-0.2, -0.15) is 5.10 Å². The number of aromatic nitrogens is 3. The minimum Gasteiger partial charge on any atom is -0.234 e. The summed E-state index contributed by atoms with van der Waals surface area (Å²) in [5.41, 5.74) is 2.37. The zero-order valence-corrected chi connectivity index (χ0v) is 14.3. The largest absolute Gasteiger partial charge is 0.234 e. The van der Waals surface area contributed by atoms with Gasteiger partial charge in [0.15, 0.2) is 5.82 Å². The molecular formula is C18H33N3. The summed E-state index contributed by atoms with van der Waals surface area (Å²) >= 11 is 0. The molecule has 1 aromatic rings. The summed E-state index contributed by atoms with van der Waals surface area (Å²) < 4.78 is 0. The lowest BCUT2D eigenvalue weighted by atomic mass is 10.1. The lowest BCUT2D eigenvalue weighted by Gasteiger charge is -2.09. The van der Waals surface area contributed by atoms with Gasteiger partial charge in [0.05, 0.1) is 11.4 Å². The van der Waals surface area contributed by atoms with Crippen molar-refractivity contribution in [2.24, 2.45) is 0 Å². The Bertz CT molecular complexity index is 377. The molecule has 0 aliphatic heterocycles. The second kappa shape index (κ2) is 11.6. The topological polar surface area (TPSA) is 38.7 Å². The van der Waals surface area contributed by atoms with Crippen molar-refractivity contribution in [2.75, 3.05) is 0 Å². The maximum absolute atomic E-state index is 4.82. The smallest absolute Gasteiger partial charge is 0.151 e. The highest BCUT2D eigenvalue weighted by molar-refractivity contribution is 5.11. The fourth-order valence-electron chi connectivity index (χ4n) is 2.54. The van der Waals surface area contributed by atoms with Crippen LogP contribution >= 0.6 is 0 Å². The zero-order valence-electron chi connectivity index (χ0n) is 14.3. The molecule has 0 fully saturated rings. The maximum Gasteiger partial charge on any atom is 0.151 e. The third-order valence-corrected chi connectivity index (χ3v) is 3.92. The number of nitrogens with zero attached hydrogens (tertiary/aromatic N) is 3. The van der Waals surface area contributed by atoms with Gasteiger partial charge in [0, 0.05) is 6.42 Å². The van der Waals surface area contributed by atoms with Gasteiger partial charge < -0.3 is 0 Å². The van der Waals surface area contributed by atoms with Crippen LogP contribution in [-0.2, 0) is 19.3 Å². The van der Waals surface area contributed by atoms with Crippen molar-refractivity contribution in [3.05, 3.63) is 17.2 Å². The molecule has 1 heterocycles. The minimum atomic E-state index is 0.953. The maximum atomic E-state index is 4.82. The lowest BCUT2D eigenvalue weighted by Crippen LogP contribution is -2.09. The van der Waals surface area contributed by atoms with Crippen molar-refractivity contribution in [1.82, 2.24) is 15.2 Å². The SMILES string of the molecule is CCCCCc1nnc(CCCCC)c(CCCCC)n1. The Morgan fingerprint density at radius 2 is 1.10 bits per heavy atom. The standard InChI is InChI=1S/C18H33N3/c1-4-7-10-13-16-17(14-11-8-5-2)20-21-18(19-16)15-12-9-6-3/h4-15H2,1-3H3. The highest BCUT2D eigenvalue weighted by atomic mass is 15.2. The molecule has 0 aliphatic rings. The van der Waals surface area contributed by atoms with Crippen LogP contribution in [-0.4, -0.2) is 15.2 Å². The molecule has 120 valence electrons. The average molecular weight is 291 g/mol. The predicted molar refractivity (Wildman–Crippen MR) is 89.5 cm³/mol. The van der Waals surface area contributed by atoms with Crippen molar-refractivity contribution < 1.29 is 0 Å². The summed E-state index contributed by atoms with van der Waals surface area (Å²) in [6.45, 7) is 6.71. The van der Waals surface area contributed by atoms with Crippen LogP contribution in [0.15, 0.2) is 0 Å². The second-order valence-corrected chi connectivity index (χ2v) is 5.99. The predicted octanol–water partition coefficient (Wildman–Crippen LogP) is 5.07. The lowest BCUT2D eigenvalue weighted by molar-refractivity contribution is 0.630. The van der Waals surface area contributed by atoms with E-state index in [1.54, 1.807) is 0 Å². The van der Waals surface area contributed by atoms with Crippen molar-refractivity contribution in [1.29, 1.82) is 0 Å². The van der Waals surface area contributed by atoms with Gasteiger partial charge in [-0.1, -0.05) is 59.3 Å². The fourth-order valence-corrected chi connectivity index (χ4v) is 2.54. The van der Waals surface area contributed by atoms with Crippen molar-refractivity contribution in [3.63, 3.8) is 0 Å². The Morgan fingerprint density at radius 3 is 1.67 bits per heavy atom. The van der Waals surface area contributed by atoms with Gasteiger partial charge >= 0.3 is 0 Å². The third-order valence-electron chi connectivity index (χ3n) is 3.92. The summed E-state index contributed by atoms with van der Waals surface area (Å²) in [7, 11) is 0. The highest BCUT2D eigenvalue weighted by Crippen LogP contribution is 2.13. The van der Waals surface area contributed by atoms with Crippen LogP contribution in [0.2, 0.25) is 0 Å². The van der Waals surface area contributed by atoms with Gasteiger partial charge in [0.2, 0.25) is 0 Å². The molecule has 0 aliphatic carbocycles. The first kappa shape index (κ1) is 18.1. The Morgan fingerprint density at radius 1 is 0.571 bits per heavy atom. The second-order valence-electron chi connectivity index (χ2n) is 5.99. The van der Waals surface area contributed by atoms with Gasteiger partial charge in [0.1, 0.15) is 0 Å². The molecule has 0 saturated carbocycles. The summed E-state index contributed by atoms with van der Waals surface area (Å²) in [6, 6.07) is 0. The Kier molecular flexibility index (Phi) is 10.0. The van der Waals surface area contributed by atoms with E-state index in [2.05, 4.69) is 31.0 Å². The van der Waals surface area contributed by atoms with E-state index in [4.69, 9.17) is 4.98 Å². The van der Waals surface area contributed by atoms with Gasteiger partial charge in [-0.05, 0) is 32.1 Å². The van der Waals surface area contributed by atoms with Gasteiger partial charge in [-0.3, -0.25) is 0 Å². The molecule has 0 unspecified atom stereocenters. The molecule has 1 rings (SSSR count). The van der Waals surface area contributed by atoms with Crippen LogP contribution in [0.5, 0.6) is 0 Å². The molecule has 0 saturated heterocycles. The number of unbranched alkanes of at least 4 members (excludes halogenated alkanes) is 6. The van der Waals surface area contributed by atoms with Crippen molar-refractivity contribution in [2.45, 2.75) is 97.8 Å². The molecule has 3 nitrogen and oxygen atoms in total. The van der Waals surface area contributed by atoms with E-state index in [-0.39, 0.29) is 0 Å². The number of rotatable bonds is 12. The molecular weight excluding hydrogens is 258 g/mol. The molecule has 21 heavy (non-hydrogen) atoms. The Hall–Kier alpha value is -0.990. The molecule has 0 amide bonds. The van der Waals surface area contributed by atoms with E-state index in [9.17, 15) is 0 Å². The van der Waals surface area contributed by atoms with E-state index in [0.717, 1.165) is 30.8 Å². The molecule has 3 heteroatoms. The molecule has 1 aromatic heterocycles.